The summed E-state index contributed by atoms with van der Waals surface area (Å²) in [7, 11) is 0. The first-order valence-corrected chi connectivity index (χ1v) is 19.7. The summed E-state index contributed by atoms with van der Waals surface area (Å²) in [6.45, 7) is 17.0. The number of carbonyl (C=O) groups excluding carboxylic acids is 1. The van der Waals surface area contributed by atoms with E-state index in [1.807, 2.05) is 76.2 Å². The molecule has 0 atom stereocenters. The molecular weight excluding hydrogens is 902 g/mol. The summed E-state index contributed by atoms with van der Waals surface area (Å²) in [5.74, 6) is 0.617. The number of aliphatic hydroxyl groups is 1. The maximum atomic E-state index is 13.5. The number of para-hydroxylation sites is 1. The largest absolute Gasteiger partial charge is 0.512 e. The van der Waals surface area contributed by atoms with E-state index in [0.29, 0.717) is 11.1 Å². The van der Waals surface area contributed by atoms with Crippen LogP contribution in [0.15, 0.2) is 95.1 Å². The molecule has 6 aromatic rings. The van der Waals surface area contributed by atoms with Crippen molar-refractivity contribution in [2.24, 2.45) is 17.3 Å². The molecule has 57 heavy (non-hydrogen) atoms. The summed E-state index contributed by atoms with van der Waals surface area (Å²) < 4.78 is 46.3. The Hall–Kier alpha value is -4.33. The Morgan fingerprint density at radius 3 is 2.02 bits per heavy atom. The molecule has 0 aliphatic rings. The van der Waals surface area contributed by atoms with Crippen molar-refractivity contribution in [2.75, 3.05) is 0 Å². The van der Waals surface area contributed by atoms with Crippen LogP contribution in [0.3, 0.4) is 0 Å². The number of allylic oxidation sites excluding steroid dienone is 2. The van der Waals surface area contributed by atoms with E-state index in [-0.39, 0.29) is 61.2 Å². The molecule has 0 aliphatic heterocycles. The molecule has 0 aliphatic carbocycles. The van der Waals surface area contributed by atoms with E-state index in [4.69, 9.17) is 9.40 Å². The SMILES string of the molecule is CC(C)(C)c1cc(-c2cc(-c3ccc4nc(CC(C)(C)C(F)(F)F)oc4c3)c3ccccc3n2)[c-]c2ccccc12.CCC(CC)C(=O)/C=C(\O)C(CC)CC.[Ir]. The van der Waals surface area contributed by atoms with Gasteiger partial charge in [0.05, 0.1) is 16.7 Å². The van der Waals surface area contributed by atoms with Crippen LogP contribution in [-0.2, 0) is 36.7 Å². The molecule has 0 bridgehead atoms. The summed E-state index contributed by atoms with van der Waals surface area (Å²) in [5.41, 5.74) is 4.50. The molecule has 5 nitrogen and oxygen atoms in total. The van der Waals surface area contributed by atoms with Crippen LogP contribution < -0.4 is 0 Å². The number of hydrogen-bond acceptors (Lipinski definition) is 5. The predicted octanol–water partition coefficient (Wildman–Crippen LogP) is 14.0. The molecule has 0 saturated heterocycles. The molecule has 1 N–H and O–H groups in total. The molecule has 305 valence electrons. The van der Waals surface area contributed by atoms with Gasteiger partial charge >= 0.3 is 6.18 Å². The number of aromatic nitrogens is 2. The van der Waals surface area contributed by atoms with Gasteiger partial charge in [-0.2, -0.15) is 13.2 Å². The molecule has 2 heterocycles. The molecule has 0 saturated carbocycles. The van der Waals surface area contributed by atoms with Crippen LogP contribution in [0.5, 0.6) is 0 Å². The van der Waals surface area contributed by atoms with Crippen molar-refractivity contribution in [3.8, 4) is 22.4 Å². The Kier molecular flexibility index (Phi) is 14.7. The number of benzene rings is 4. The topological polar surface area (TPSA) is 76.2 Å². The van der Waals surface area contributed by atoms with E-state index in [9.17, 15) is 23.1 Å². The zero-order chi connectivity index (χ0) is 41.0. The van der Waals surface area contributed by atoms with Crippen LogP contribution in [0.1, 0.15) is 99.5 Å². The molecule has 6 rings (SSSR count). The Balaban J connectivity index is 0.000000385. The van der Waals surface area contributed by atoms with Gasteiger partial charge in [-0.15, -0.1) is 29.1 Å². The third kappa shape index (κ3) is 10.4. The zero-order valence-corrected chi connectivity index (χ0v) is 36.8. The monoisotopic (exact) mass is 956 g/mol. The minimum absolute atomic E-state index is 0. The number of pyridine rings is 1. The molecule has 0 fully saturated rings. The molecule has 0 unspecified atom stereocenters. The van der Waals surface area contributed by atoms with Crippen LogP contribution in [0, 0.1) is 23.3 Å². The van der Waals surface area contributed by atoms with Crippen molar-refractivity contribution in [3.05, 3.63) is 108 Å². The van der Waals surface area contributed by atoms with Gasteiger partial charge in [0.25, 0.3) is 0 Å². The maximum Gasteiger partial charge on any atom is 0.394 e. The minimum atomic E-state index is -4.36. The molecule has 4 aromatic carbocycles. The minimum Gasteiger partial charge on any atom is -0.512 e. The number of aliphatic hydroxyl groups excluding tert-OH is 1. The molecule has 1 radical (unpaired) electrons. The number of carbonyl (C=O) groups is 1. The quantitative estimate of drug-likeness (QED) is 0.0795. The summed E-state index contributed by atoms with van der Waals surface area (Å²) in [4.78, 5) is 21.1. The van der Waals surface area contributed by atoms with Crippen LogP contribution >= 0.6 is 0 Å². The van der Waals surface area contributed by atoms with Crippen LogP contribution in [0.2, 0.25) is 0 Å². The van der Waals surface area contributed by atoms with Gasteiger partial charge in [-0.05, 0) is 60.4 Å². The van der Waals surface area contributed by atoms with Crippen LogP contribution in [0.25, 0.3) is 55.2 Å². The Morgan fingerprint density at radius 2 is 1.40 bits per heavy atom. The molecule has 9 heteroatoms. The fraction of sp³-hybridized carbons (Fsp3) is 0.396. The molecule has 0 amide bonds. The van der Waals surface area contributed by atoms with Crippen molar-refractivity contribution in [1.82, 2.24) is 9.97 Å². The number of rotatable bonds is 11. The maximum absolute atomic E-state index is 13.5. The number of fused-ring (bicyclic) bond motifs is 3. The van der Waals surface area contributed by atoms with Gasteiger partial charge in [-0.3, -0.25) is 9.78 Å². The van der Waals surface area contributed by atoms with Crippen molar-refractivity contribution < 1.29 is 47.6 Å². The van der Waals surface area contributed by atoms with Crippen LogP contribution in [-0.4, -0.2) is 27.0 Å². The summed E-state index contributed by atoms with van der Waals surface area (Å²) >= 11 is 0. The number of halogens is 3. The Bertz CT molecular complexity index is 2350. The average molecular weight is 956 g/mol. The van der Waals surface area contributed by atoms with E-state index in [2.05, 4.69) is 56.1 Å². The van der Waals surface area contributed by atoms with Crippen molar-refractivity contribution in [1.29, 1.82) is 0 Å². The smallest absolute Gasteiger partial charge is 0.394 e. The van der Waals surface area contributed by atoms with Gasteiger partial charge in [0.2, 0.25) is 0 Å². The summed E-state index contributed by atoms with van der Waals surface area (Å²) in [5, 5.41) is 12.9. The second-order valence-corrected chi connectivity index (χ2v) is 16.3. The number of ketones is 1. The summed E-state index contributed by atoms with van der Waals surface area (Å²) in [6.07, 6.45) is 0.206. The molecule has 2 aromatic heterocycles. The number of nitrogens with zero attached hydrogens (tertiary/aromatic N) is 2. The number of hydrogen-bond donors (Lipinski definition) is 1. The van der Waals surface area contributed by atoms with E-state index in [1.54, 1.807) is 6.07 Å². The standard InChI is InChI=1S/C35H30F3N2O.C13H24O2.Ir/c1-33(2,3)27-17-23(16-21-10-6-7-11-24(21)27)30-19-26(25-12-8-9-13-28(25)39-30)22-14-15-29-31(18-22)41-32(40-29)20-34(4,5)35(36,37)38;1-5-10(6-2)12(14)9-13(15)11(7-3)8-4;/h6-15,17-19H,20H2,1-5H3;9-11,14H,5-8H2,1-4H3;/q-1;;/b;12-9-;. The fourth-order valence-electron chi connectivity index (χ4n) is 7.01. The molecular formula is C48H54F3IrN2O3-. The van der Waals surface area contributed by atoms with Gasteiger partial charge in [0, 0.05) is 55.5 Å². The number of oxazole rings is 1. The van der Waals surface area contributed by atoms with Crippen molar-refractivity contribution >= 4 is 38.6 Å². The van der Waals surface area contributed by atoms with Crippen molar-refractivity contribution in [3.63, 3.8) is 0 Å². The Labute approximate surface area is 348 Å². The third-order valence-corrected chi connectivity index (χ3v) is 10.8. The third-order valence-electron chi connectivity index (χ3n) is 10.8. The Morgan fingerprint density at radius 1 is 0.789 bits per heavy atom. The second kappa shape index (κ2) is 18.5. The van der Waals surface area contributed by atoms with Gasteiger partial charge in [-0.1, -0.05) is 122 Å². The van der Waals surface area contributed by atoms with Gasteiger partial charge < -0.3 is 9.52 Å². The van der Waals surface area contributed by atoms with E-state index >= 15 is 0 Å². The van der Waals surface area contributed by atoms with Gasteiger partial charge in [0.1, 0.15) is 5.52 Å². The van der Waals surface area contributed by atoms with E-state index in [0.717, 1.165) is 78.2 Å². The first kappa shape index (κ1) is 45.4. The number of alkyl halides is 3. The van der Waals surface area contributed by atoms with Crippen LogP contribution in [0.4, 0.5) is 13.2 Å². The summed E-state index contributed by atoms with van der Waals surface area (Å²) in [6, 6.07) is 29.6. The van der Waals surface area contributed by atoms with Gasteiger partial charge in [-0.25, -0.2) is 4.98 Å². The second-order valence-electron chi connectivity index (χ2n) is 16.3. The van der Waals surface area contributed by atoms with Crippen molar-refractivity contribution in [2.45, 2.75) is 106 Å². The van der Waals surface area contributed by atoms with E-state index in [1.165, 1.54) is 17.0 Å². The molecule has 0 spiro atoms. The normalized spacial score (nSPS) is 12.6. The average Bonchev–Trinajstić information content (AvgIpc) is 3.55. The van der Waals surface area contributed by atoms with E-state index < -0.39 is 11.6 Å². The fourth-order valence-corrected chi connectivity index (χ4v) is 7.01. The predicted molar refractivity (Wildman–Crippen MR) is 223 cm³/mol. The van der Waals surface area contributed by atoms with Gasteiger partial charge in [0.15, 0.2) is 17.3 Å². The first-order chi connectivity index (χ1) is 26.4. The zero-order valence-electron chi connectivity index (χ0n) is 34.4. The first-order valence-electron chi connectivity index (χ1n) is 19.7.